The van der Waals surface area contributed by atoms with Crippen molar-refractivity contribution in [1.82, 2.24) is 4.90 Å². The van der Waals surface area contributed by atoms with Gasteiger partial charge in [-0.2, -0.15) is 0 Å². The molecule has 1 aliphatic rings. The number of carbonyl (C=O) groups excluding carboxylic acids is 1. The van der Waals surface area contributed by atoms with Crippen molar-refractivity contribution in [3.8, 4) is 12.3 Å². The van der Waals surface area contributed by atoms with Crippen molar-refractivity contribution in [3.05, 3.63) is 34.9 Å². The predicted octanol–water partition coefficient (Wildman–Crippen LogP) is 1.72. The number of terminal acetylenes is 1. The van der Waals surface area contributed by atoms with E-state index in [1.807, 2.05) is 18.2 Å². The van der Waals surface area contributed by atoms with Gasteiger partial charge in [-0.15, -0.1) is 6.42 Å². The van der Waals surface area contributed by atoms with Crippen LogP contribution in [0, 0.1) is 12.3 Å². The maximum Gasteiger partial charge on any atom is 0.255 e. The summed E-state index contributed by atoms with van der Waals surface area (Å²) < 4.78 is 10.7. The average molecular weight is 294 g/mol. The van der Waals surface area contributed by atoms with Crippen LogP contribution < -0.4 is 0 Å². The molecule has 1 aliphatic heterocycles. The molecule has 0 spiro atoms. The second-order valence-electron chi connectivity index (χ2n) is 4.42. The Morgan fingerprint density at radius 1 is 1.45 bits per heavy atom. The number of halogens is 1. The van der Waals surface area contributed by atoms with E-state index >= 15 is 0 Å². The molecule has 2 rings (SSSR count). The van der Waals surface area contributed by atoms with Crippen molar-refractivity contribution in [2.24, 2.45) is 0 Å². The molecule has 1 aromatic carbocycles. The molecular weight excluding hydrogens is 278 g/mol. The fourth-order valence-corrected chi connectivity index (χ4v) is 2.18. The van der Waals surface area contributed by atoms with E-state index in [0.717, 1.165) is 5.56 Å². The van der Waals surface area contributed by atoms with E-state index in [0.29, 0.717) is 24.8 Å². The van der Waals surface area contributed by atoms with Gasteiger partial charge in [-0.1, -0.05) is 35.7 Å². The van der Waals surface area contributed by atoms with Crippen LogP contribution in [-0.4, -0.2) is 43.3 Å². The summed E-state index contributed by atoms with van der Waals surface area (Å²) in [5, 5.41) is 0.614. The van der Waals surface area contributed by atoms with Crippen molar-refractivity contribution in [2.75, 3.05) is 26.4 Å². The largest absolute Gasteiger partial charge is 0.376 e. The Morgan fingerprint density at radius 2 is 2.25 bits per heavy atom. The van der Waals surface area contributed by atoms with Crippen LogP contribution in [0.15, 0.2) is 24.3 Å². The highest BCUT2D eigenvalue weighted by atomic mass is 35.5. The summed E-state index contributed by atoms with van der Waals surface area (Å²) >= 11 is 6.11. The fourth-order valence-electron chi connectivity index (χ4n) is 1.99. The monoisotopic (exact) mass is 293 g/mol. The number of nitrogens with zero attached hydrogens (tertiary/aromatic N) is 1. The third-order valence-electron chi connectivity index (χ3n) is 3.00. The summed E-state index contributed by atoms with van der Waals surface area (Å²) in [7, 11) is 0. The zero-order chi connectivity index (χ0) is 14.4. The Kier molecular flexibility index (Phi) is 5.42. The van der Waals surface area contributed by atoms with Gasteiger partial charge in [-0.25, -0.2) is 0 Å². The molecule has 1 amide bonds. The minimum atomic E-state index is -0.584. The van der Waals surface area contributed by atoms with Gasteiger partial charge in [-0.05, 0) is 11.6 Å². The van der Waals surface area contributed by atoms with Gasteiger partial charge in [0.1, 0.15) is 0 Å². The molecular formula is C15H16ClNO3. The van der Waals surface area contributed by atoms with Gasteiger partial charge in [0.25, 0.3) is 5.91 Å². The molecule has 1 fully saturated rings. The Morgan fingerprint density at radius 3 is 2.90 bits per heavy atom. The number of carbonyl (C=O) groups is 1. The highest BCUT2D eigenvalue weighted by Gasteiger charge is 2.27. The molecule has 106 valence electrons. The first-order valence-electron chi connectivity index (χ1n) is 6.37. The SMILES string of the molecule is C#CCN(Cc1ccccc1Cl)C(=O)C1COCCO1. The topological polar surface area (TPSA) is 38.8 Å². The Balaban J connectivity index is 2.08. The van der Waals surface area contributed by atoms with Crippen molar-refractivity contribution in [3.63, 3.8) is 0 Å². The molecule has 1 saturated heterocycles. The lowest BCUT2D eigenvalue weighted by Crippen LogP contribution is -2.45. The van der Waals surface area contributed by atoms with E-state index in [-0.39, 0.29) is 19.1 Å². The lowest BCUT2D eigenvalue weighted by molar-refractivity contribution is -0.157. The standard InChI is InChI=1S/C15H16ClNO3/c1-2-7-17(10-12-5-3-4-6-13(12)16)15(18)14-11-19-8-9-20-14/h1,3-6,14H,7-11H2. The molecule has 20 heavy (non-hydrogen) atoms. The van der Waals surface area contributed by atoms with Crippen molar-refractivity contribution in [1.29, 1.82) is 0 Å². The molecule has 0 bridgehead atoms. The van der Waals surface area contributed by atoms with Crippen LogP contribution in [0.2, 0.25) is 5.02 Å². The van der Waals surface area contributed by atoms with Gasteiger partial charge < -0.3 is 14.4 Å². The first kappa shape index (κ1) is 14.9. The quantitative estimate of drug-likeness (QED) is 0.794. The van der Waals surface area contributed by atoms with E-state index in [9.17, 15) is 4.79 Å². The van der Waals surface area contributed by atoms with E-state index < -0.39 is 6.10 Å². The molecule has 0 N–H and O–H groups in total. The minimum Gasteiger partial charge on any atom is -0.376 e. The van der Waals surface area contributed by atoms with E-state index in [4.69, 9.17) is 27.5 Å². The maximum absolute atomic E-state index is 12.4. The summed E-state index contributed by atoms with van der Waals surface area (Å²) in [6.07, 6.45) is 4.76. The summed E-state index contributed by atoms with van der Waals surface area (Å²) in [6, 6.07) is 7.38. The van der Waals surface area contributed by atoms with E-state index in [2.05, 4.69) is 5.92 Å². The second-order valence-corrected chi connectivity index (χ2v) is 4.83. The number of hydrogen-bond donors (Lipinski definition) is 0. The molecule has 4 nitrogen and oxygen atoms in total. The molecule has 0 radical (unpaired) electrons. The number of rotatable bonds is 4. The van der Waals surface area contributed by atoms with E-state index in [1.165, 1.54) is 0 Å². The number of amides is 1. The molecule has 5 heteroatoms. The van der Waals surface area contributed by atoms with Crippen molar-refractivity contribution < 1.29 is 14.3 Å². The van der Waals surface area contributed by atoms with Crippen molar-refractivity contribution in [2.45, 2.75) is 12.6 Å². The average Bonchev–Trinajstić information content (AvgIpc) is 2.49. The highest BCUT2D eigenvalue weighted by molar-refractivity contribution is 6.31. The minimum absolute atomic E-state index is 0.164. The zero-order valence-corrected chi connectivity index (χ0v) is 11.8. The van der Waals surface area contributed by atoms with Gasteiger partial charge in [0.2, 0.25) is 0 Å². The lowest BCUT2D eigenvalue weighted by atomic mass is 10.2. The summed E-state index contributed by atoms with van der Waals surface area (Å²) in [6.45, 7) is 1.78. The zero-order valence-electron chi connectivity index (χ0n) is 11.0. The molecule has 1 atom stereocenters. The van der Waals surface area contributed by atoms with Crippen LogP contribution in [0.4, 0.5) is 0 Å². The van der Waals surface area contributed by atoms with Crippen LogP contribution in [0.5, 0.6) is 0 Å². The third-order valence-corrected chi connectivity index (χ3v) is 3.37. The number of ether oxygens (including phenoxy) is 2. The van der Waals surface area contributed by atoms with Crippen LogP contribution >= 0.6 is 11.6 Å². The molecule has 0 aromatic heterocycles. The molecule has 1 heterocycles. The normalized spacial score (nSPS) is 18.3. The smallest absolute Gasteiger partial charge is 0.255 e. The van der Waals surface area contributed by atoms with Gasteiger partial charge in [0, 0.05) is 11.6 Å². The summed E-state index contributed by atoms with van der Waals surface area (Å²) in [4.78, 5) is 13.9. The summed E-state index contributed by atoms with van der Waals surface area (Å²) in [5.74, 6) is 2.33. The van der Waals surface area contributed by atoms with Crippen LogP contribution in [-0.2, 0) is 20.8 Å². The highest BCUT2D eigenvalue weighted by Crippen LogP contribution is 2.18. The number of benzene rings is 1. The molecule has 1 aromatic rings. The fraction of sp³-hybridized carbons (Fsp3) is 0.400. The third kappa shape index (κ3) is 3.73. The number of hydrogen-bond acceptors (Lipinski definition) is 3. The Bertz CT molecular complexity index is 506. The second kappa shape index (κ2) is 7.30. The first-order chi connectivity index (χ1) is 9.72. The van der Waals surface area contributed by atoms with Gasteiger partial charge in [-0.3, -0.25) is 4.79 Å². The molecule has 1 unspecified atom stereocenters. The van der Waals surface area contributed by atoms with Crippen LogP contribution in [0.1, 0.15) is 5.56 Å². The van der Waals surface area contributed by atoms with Crippen LogP contribution in [0.3, 0.4) is 0 Å². The lowest BCUT2D eigenvalue weighted by Gasteiger charge is -2.28. The molecule has 0 saturated carbocycles. The van der Waals surface area contributed by atoms with Crippen molar-refractivity contribution >= 4 is 17.5 Å². The Labute approximate surface area is 123 Å². The van der Waals surface area contributed by atoms with Crippen LogP contribution in [0.25, 0.3) is 0 Å². The maximum atomic E-state index is 12.4. The van der Waals surface area contributed by atoms with Gasteiger partial charge in [0.15, 0.2) is 6.10 Å². The van der Waals surface area contributed by atoms with Gasteiger partial charge >= 0.3 is 0 Å². The summed E-state index contributed by atoms with van der Waals surface area (Å²) in [5.41, 5.74) is 0.856. The Hall–Kier alpha value is -1.54. The molecule has 0 aliphatic carbocycles. The van der Waals surface area contributed by atoms with Gasteiger partial charge in [0.05, 0.1) is 26.4 Å². The van der Waals surface area contributed by atoms with E-state index in [1.54, 1.807) is 11.0 Å². The predicted molar refractivity (Wildman–Crippen MR) is 76.3 cm³/mol. The first-order valence-corrected chi connectivity index (χ1v) is 6.75.